The van der Waals surface area contributed by atoms with Gasteiger partial charge in [0.25, 0.3) is 11.7 Å². The highest BCUT2D eigenvalue weighted by Gasteiger charge is 2.46. The third kappa shape index (κ3) is 4.35. The van der Waals surface area contributed by atoms with Crippen LogP contribution in [0, 0.1) is 5.82 Å². The lowest BCUT2D eigenvalue weighted by atomic mass is 9.95. The zero-order chi connectivity index (χ0) is 22.0. The van der Waals surface area contributed by atoms with Crippen molar-refractivity contribution in [3.8, 4) is 0 Å². The van der Waals surface area contributed by atoms with E-state index in [-0.39, 0.29) is 23.4 Å². The highest BCUT2D eigenvalue weighted by Crippen LogP contribution is 2.40. The van der Waals surface area contributed by atoms with Crippen LogP contribution in [0.1, 0.15) is 17.2 Å². The molecule has 1 N–H and O–H groups in total. The van der Waals surface area contributed by atoms with E-state index in [0.29, 0.717) is 30.3 Å². The minimum Gasteiger partial charge on any atom is -0.507 e. The van der Waals surface area contributed by atoms with Crippen LogP contribution in [-0.4, -0.2) is 66.0 Å². The number of hydrogen-bond donors (Lipinski definition) is 1. The molecule has 1 amide bonds. The normalized spacial score (nSPS) is 21.6. The van der Waals surface area contributed by atoms with Crippen LogP contribution >= 0.6 is 11.6 Å². The fourth-order valence-corrected chi connectivity index (χ4v) is 4.09. The van der Waals surface area contributed by atoms with Gasteiger partial charge in [-0.05, 0) is 30.3 Å². The van der Waals surface area contributed by atoms with Crippen LogP contribution in [0.5, 0.6) is 0 Å². The Balaban J connectivity index is 1.75. The van der Waals surface area contributed by atoms with Crippen LogP contribution in [0.15, 0.2) is 54.1 Å². The SMILES string of the molecule is O=C1C(=O)N(CCN2CCOCC2)[C@@H](c2ccccc2F)/C1=C(\O)c1ccc(Cl)cc1. The predicted octanol–water partition coefficient (Wildman–Crippen LogP) is 3.23. The standard InChI is InChI=1S/C23H22ClFN2O4/c24-16-7-5-15(6-8-16)21(28)19-20(17-3-1-2-4-18(17)25)27(23(30)22(19)29)10-9-26-11-13-31-14-12-26/h1-8,20,28H,9-14H2/b21-19+/t20-/m0/s1. The van der Waals surface area contributed by atoms with E-state index in [1.165, 1.54) is 23.1 Å². The summed E-state index contributed by atoms with van der Waals surface area (Å²) in [5.41, 5.74) is 0.371. The fourth-order valence-electron chi connectivity index (χ4n) is 3.97. The Labute approximate surface area is 184 Å². The highest BCUT2D eigenvalue weighted by molar-refractivity contribution is 6.46. The molecule has 0 spiro atoms. The topological polar surface area (TPSA) is 70.1 Å². The van der Waals surface area contributed by atoms with Crippen molar-refractivity contribution < 1.29 is 23.8 Å². The van der Waals surface area contributed by atoms with Gasteiger partial charge in [-0.2, -0.15) is 0 Å². The van der Waals surface area contributed by atoms with E-state index >= 15 is 0 Å². The Bertz CT molecular complexity index is 1020. The number of halogens is 2. The molecule has 2 aliphatic rings. The highest BCUT2D eigenvalue weighted by atomic mass is 35.5. The fraction of sp³-hybridized carbons (Fsp3) is 0.304. The monoisotopic (exact) mass is 444 g/mol. The zero-order valence-electron chi connectivity index (χ0n) is 16.8. The number of aliphatic hydroxyl groups is 1. The van der Waals surface area contributed by atoms with Gasteiger partial charge in [0.2, 0.25) is 0 Å². The van der Waals surface area contributed by atoms with Gasteiger partial charge >= 0.3 is 0 Å². The number of amides is 1. The average Bonchev–Trinajstić information content (AvgIpc) is 3.03. The molecule has 0 radical (unpaired) electrons. The Morgan fingerprint density at radius 1 is 1.06 bits per heavy atom. The first-order valence-corrected chi connectivity index (χ1v) is 10.4. The van der Waals surface area contributed by atoms with Crippen molar-refractivity contribution in [2.75, 3.05) is 39.4 Å². The van der Waals surface area contributed by atoms with Crippen LogP contribution < -0.4 is 0 Å². The van der Waals surface area contributed by atoms with E-state index in [2.05, 4.69) is 4.90 Å². The maximum Gasteiger partial charge on any atom is 0.295 e. The molecule has 0 aromatic heterocycles. The van der Waals surface area contributed by atoms with E-state index in [1.807, 2.05) is 0 Å². The quantitative estimate of drug-likeness (QED) is 0.435. The number of morpholine rings is 1. The number of likely N-dealkylation sites (tertiary alicyclic amines) is 1. The summed E-state index contributed by atoms with van der Waals surface area (Å²) in [4.78, 5) is 29.3. The third-order valence-corrected chi connectivity index (χ3v) is 5.87. The first-order chi connectivity index (χ1) is 15.0. The summed E-state index contributed by atoms with van der Waals surface area (Å²) in [5, 5.41) is 11.4. The number of ether oxygens (including phenoxy) is 1. The van der Waals surface area contributed by atoms with Crippen molar-refractivity contribution in [2.24, 2.45) is 0 Å². The molecular weight excluding hydrogens is 423 g/mol. The molecule has 0 bridgehead atoms. The van der Waals surface area contributed by atoms with Gasteiger partial charge in [-0.25, -0.2) is 4.39 Å². The summed E-state index contributed by atoms with van der Waals surface area (Å²) in [7, 11) is 0. The predicted molar refractivity (Wildman–Crippen MR) is 114 cm³/mol. The number of aliphatic hydroxyl groups excluding tert-OH is 1. The van der Waals surface area contributed by atoms with Crippen molar-refractivity contribution in [1.29, 1.82) is 0 Å². The zero-order valence-corrected chi connectivity index (χ0v) is 17.5. The van der Waals surface area contributed by atoms with Gasteiger partial charge in [0, 0.05) is 42.3 Å². The molecule has 2 saturated heterocycles. The van der Waals surface area contributed by atoms with E-state index in [1.54, 1.807) is 30.3 Å². The van der Waals surface area contributed by atoms with Crippen LogP contribution in [0.3, 0.4) is 0 Å². The number of nitrogens with zero attached hydrogens (tertiary/aromatic N) is 2. The largest absolute Gasteiger partial charge is 0.507 e. The second-order valence-electron chi connectivity index (χ2n) is 7.47. The minimum atomic E-state index is -1.02. The summed E-state index contributed by atoms with van der Waals surface area (Å²) in [6.07, 6.45) is 0. The Hall–Kier alpha value is -2.74. The van der Waals surface area contributed by atoms with E-state index in [9.17, 15) is 19.1 Å². The molecular formula is C23H22ClFN2O4. The lowest BCUT2D eigenvalue weighted by molar-refractivity contribution is -0.140. The average molecular weight is 445 g/mol. The third-order valence-electron chi connectivity index (χ3n) is 5.62. The number of hydrogen-bond acceptors (Lipinski definition) is 5. The Morgan fingerprint density at radius 3 is 2.42 bits per heavy atom. The van der Waals surface area contributed by atoms with Gasteiger partial charge in [0.05, 0.1) is 24.8 Å². The molecule has 0 unspecified atom stereocenters. The lowest BCUT2D eigenvalue weighted by Crippen LogP contribution is -2.42. The summed E-state index contributed by atoms with van der Waals surface area (Å²) in [5.74, 6) is -2.48. The molecule has 4 rings (SSSR count). The molecule has 2 aromatic carbocycles. The van der Waals surface area contributed by atoms with Gasteiger partial charge in [0.15, 0.2) is 0 Å². The summed E-state index contributed by atoms with van der Waals surface area (Å²) in [6.45, 7) is 3.39. The van der Waals surface area contributed by atoms with Crippen molar-refractivity contribution in [2.45, 2.75) is 6.04 Å². The molecule has 0 saturated carbocycles. The van der Waals surface area contributed by atoms with Crippen molar-refractivity contribution in [3.05, 3.63) is 76.1 Å². The molecule has 31 heavy (non-hydrogen) atoms. The summed E-state index contributed by atoms with van der Waals surface area (Å²) in [6, 6.07) is 11.2. The Kier molecular flexibility index (Phi) is 6.36. The molecule has 2 fully saturated rings. The molecule has 2 aromatic rings. The summed E-state index contributed by atoms with van der Waals surface area (Å²) < 4.78 is 20.1. The molecule has 1 atom stereocenters. The van der Waals surface area contributed by atoms with Crippen molar-refractivity contribution in [3.63, 3.8) is 0 Å². The Morgan fingerprint density at radius 2 is 1.74 bits per heavy atom. The number of carbonyl (C=O) groups is 2. The van der Waals surface area contributed by atoms with Gasteiger partial charge in [0.1, 0.15) is 11.6 Å². The molecule has 162 valence electrons. The van der Waals surface area contributed by atoms with E-state index in [0.717, 1.165) is 13.1 Å². The molecule has 2 aliphatic heterocycles. The smallest absolute Gasteiger partial charge is 0.295 e. The van der Waals surface area contributed by atoms with Crippen LogP contribution in [0.2, 0.25) is 5.02 Å². The second kappa shape index (κ2) is 9.18. The van der Waals surface area contributed by atoms with Gasteiger partial charge < -0.3 is 14.7 Å². The molecule has 2 heterocycles. The van der Waals surface area contributed by atoms with Crippen LogP contribution in [0.4, 0.5) is 4.39 Å². The van der Waals surface area contributed by atoms with Crippen LogP contribution in [0.25, 0.3) is 5.76 Å². The lowest BCUT2D eigenvalue weighted by Gasteiger charge is -2.31. The number of benzene rings is 2. The van der Waals surface area contributed by atoms with E-state index < -0.39 is 23.5 Å². The maximum atomic E-state index is 14.8. The van der Waals surface area contributed by atoms with Crippen LogP contribution in [-0.2, 0) is 14.3 Å². The van der Waals surface area contributed by atoms with E-state index in [4.69, 9.17) is 16.3 Å². The maximum absolute atomic E-state index is 14.8. The van der Waals surface area contributed by atoms with Crippen molar-refractivity contribution in [1.82, 2.24) is 9.80 Å². The van der Waals surface area contributed by atoms with Crippen molar-refractivity contribution >= 4 is 29.1 Å². The second-order valence-corrected chi connectivity index (χ2v) is 7.91. The number of Topliss-reactive ketones (excluding diaryl/α,β-unsaturated/α-hetero) is 1. The molecule has 0 aliphatic carbocycles. The number of carbonyl (C=O) groups excluding carboxylic acids is 2. The number of ketones is 1. The van der Waals surface area contributed by atoms with Gasteiger partial charge in [-0.3, -0.25) is 14.5 Å². The van der Waals surface area contributed by atoms with Gasteiger partial charge in [-0.1, -0.05) is 29.8 Å². The molecule has 6 nitrogen and oxygen atoms in total. The molecule has 8 heteroatoms. The first kappa shape index (κ1) is 21.5. The number of rotatable bonds is 5. The first-order valence-electron chi connectivity index (χ1n) is 10.1. The van der Waals surface area contributed by atoms with Gasteiger partial charge in [-0.15, -0.1) is 0 Å². The minimum absolute atomic E-state index is 0.126. The summed E-state index contributed by atoms with van der Waals surface area (Å²) >= 11 is 5.92.